The number of methoxy groups -OCH3 is 1. The molecule has 0 aromatic heterocycles. The molecule has 0 radical (unpaired) electrons. The first-order valence-corrected chi connectivity index (χ1v) is 10.2. The van der Waals surface area contributed by atoms with Crippen molar-refractivity contribution in [3.8, 4) is 5.75 Å². The van der Waals surface area contributed by atoms with Crippen LogP contribution in [0.2, 0.25) is 0 Å². The molecule has 6 heteroatoms. The third-order valence-electron chi connectivity index (χ3n) is 6.30. The van der Waals surface area contributed by atoms with Crippen molar-refractivity contribution in [1.82, 2.24) is 14.7 Å². The predicted molar refractivity (Wildman–Crippen MR) is 109 cm³/mol. The molecule has 0 aliphatic carbocycles. The minimum atomic E-state index is -0.400. The van der Waals surface area contributed by atoms with Gasteiger partial charge in [0.15, 0.2) is 0 Å². The van der Waals surface area contributed by atoms with Gasteiger partial charge >= 0.3 is 0 Å². The van der Waals surface area contributed by atoms with Gasteiger partial charge in [-0.1, -0.05) is 12.1 Å². The molecule has 1 aromatic rings. The number of ether oxygens (including phenoxy) is 1. The zero-order chi connectivity index (χ0) is 20.3. The van der Waals surface area contributed by atoms with Gasteiger partial charge in [-0.15, -0.1) is 0 Å². The first-order chi connectivity index (χ1) is 13.3. The molecule has 1 aromatic carbocycles. The lowest BCUT2D eigenvalue weighted by Crippen LogP contribution is -2.50. The Morgan fingerprint density at radius 3 is 2.79 bits per heavy atom. The number of amides is 2. The average Bonchev–Trinajstić information content (AvgIpc) is 3.11. The predicted octanol–water partition coefficient (Wildman–Crippen LogP) is 2.38. The van der Waals surface area contributed by atoms with Crippen LogP contribution in [0.4, 0.5) is 0 Å². The zero-order valence-corrected chi connectivity index (χ0v) is 17.6. The van der Waals surface area contributed by atoms with Gasteiger partial charge in [-0.05, 0) is 57.9 Å². The van der Waals surface area contributed by atoms with Crippen LogP contribution in [0.5, 0.6) is 5.75 Å². The van der Waals surface area contributed by atoms with E-state index in [0.717, 1.165) is 37.1 Å². The number of piperidine rings is 1. The van der Waals surface area contributed by atoms with E-state index in [1.165, 1.54) is 0 Å². The molecule has 1 spiro atoms. The lowest BCUT2D eigenvalue weighted by Gasteiger charge is -2.39. The van der Waals surface area contributed by atoms with Gasteiger partial charge in [-0.2, -0.15) is 0 Å². The second kappa shape index (κ2) is 8.52. The molecular formula is C22H33N3O3. The molecule has 0 unspecified atom stereocenters. The Balaban J connectivity index is 1.66. The molecule has 154 valence electrons. The summed E-state index contributed by atoms with van der Waals surface area (Å²) >= 11 is 0. The third kappa shape index (κ3) is 4.32. The van der Waals surface area contributed by atoms with Gasteiger partial charge in [0.05, 0.1) is 19.1 Å². The van der Waals surface area contributed by atoms with Crippen LogP contribution in [0.3, 0.4) is 0 Å². The van der Waals surface area contributed by atoms with Crippen LogP contribution in [0.25, 0.3) is 0 Å². The van der Waals surface area contributed by atoms with E-state index < -0.39 is 5.41 Å². The Morgan fingerprint density at radius 1 is 1.29 bits per heavy atom. The van der Waals surface area contributed by atoms with Crippen LogP contribution in [0.15, 0.2) is 24.3 Å². The molecular weight excluding hydrogens is 354 g/mol. The van der Waals surface area contributed by atoms with Gasteiger partial charge < -0.3 is 14.5 Å². The highest BCUT2D eigenvalue weighted by Crippen LogP contribution is 2.40. The number of hydrogen-bond acceptors (Lipinski definition) is 4. The van der Waals surface area contributed by atoms with Gasteiger partial charge in [0.25, 0.3) is 0 Å². The molecule has 0 N–H and O–H groups in total. The topological polar surface area (TPSA) is 53.1 Å². The summed E-state index contributed by atoms with van der Waals surface area (Å²) in [5.74, 6) is 1.14. The van der Waals surface area contributed by atoms with Crippen molar-refractivity contribution in [3.05, 3.63) is 29.8 Å². The van der Waals surface area contributed by atoms with Crippen LogP contribution >= 0.6 is 0 Å². The lowest BCUT2D eigenvalue weighted by molar-refractivity contribution is -0.147. The first-order valence-electron chi connectivity index (χ1n) is 10.2. The zero-order valence-electron chi connectivity index (χ0n) is 17.6. The third-order valence-corrected chi connectivity index (χ3v) is 6.30. The highest BCUT2D eigenvalue weighted by Gasteiger charge is 2.49. The monoisotopic (exact) mass is 387 g/mol. The molecule has 2 aliphatic heterocycles. The number of likely N-dealkylation sites (tertiary alicyclic amines) is 2. The second-order valence-corrected chi connectivity index (χ2v) is 8.54. The fraction of sp³-hybridized carbons (Fsp3) is 0.636. The average molecular weight is 388 g/mol. The number of rotatable bonds is 6. The number of benzene rings is 1. The van der Waals surface area contributed by atoms with E-state index in [1.807, 2.05) is 46.0 Å². The number of hydrogen-bond donors (Lipinski definition) is 0. The number of likely N-dealkylation sites (N-methyl/N-ethyl adjacent to an activating group) is 1. The van der Waals surface area contributed by atoms with Gasteiger partial charge in [-0.25, -0.2) is 0 Å². The molecule has 2 fully saturated rings. The van der Waals surface area contributed by atoms with Gasteiger partial charge in [0.1, 0.15) is 5.75 Å². The largest absolute Gasteiger partial charge is 0.497 e. The summed E-state index contributed by atoms with van der Waals surface area (Å²) < 4.78 is 5.30. The van der Waals surface area contributed by atoms with Crippen molar-refractivity contribution >= 4 is 11.8 Å². The summed E-state index contributed by atoms with van der Waals surface area (Å²) in [5, 5.41) is 0. The Bertz CT molecular complexity index is 721. The molecule has 2 heterocycles. The fourth-order valence-corrected chi connectivity index (χ4v) is 4.25. The van der Waals surface area contributed by atoms with E-state index >= 15 is 0 Å². The summed E-state index contributed by atoms with van der Waals surface area (Å²) in [6.45, 7) is 7.20. The molecule has 28 heavy (non-hydrogen) atoms. The molecule has 6 nitrogen and oxygen atoms in total. The maximum absolute atomic E-state index is 13.4. The van der Waals surface area contributed by atoms with E-state index in [4.69, 9.17) is 4.74 Å². The van der Waals surface area contributed by atoms with Crippen molar-refractivity contribution in [1.29, 1.82) is 0 Å². The van der Waals surface area contributed by atoms with E-state index in [0.29, 0.717) is 32.2 Å². The van der Waals surface area contributed by atoms with E-state index in [-0.39, 0.29) is 11.8 Å². The van der Waals surface area contributed by atoms with Crippen LogP contribution in [-0.2, 0) is 16.1 Å². The van der Waals surface area contributed by atoms with Crippen molar-refractivity contribution in [2.24, 2.45) is 5.41 Å². The van der Waals surface area contributed by atoms with Crippen molar-refractivity contribution in [3.63, 3.8) is 0 Å². The summed E-state index contributed by atoms with van der Waals surface area (Å²) in [4.78, 5) is 31.9. The van der Waals surface area contributed by atoms with Gasteiger partial charge in [0.2, 0.25) is 11.8 Å². The molecule has 2 amide bonds. The quantitative estimate of drug-likeness (QED) is 0.752. The number of nitrogens with zero attached hydrogens (tertiary/aromatic N) is 3. The van der Waals surface area contributed by atoms with Crippen molar-refractivity contribution in [2.75, 3.05) is 40.3 Å². The molecule has 1 atom stereocenters. The van der Waals surface area contributed by atoms with Crippen LogP contribution in [0, 0.1) is 5.41 Å². The second-order valence-electron chi connectivity index (χ2n) is 8.54. The number of carbonyl (C=O) groups excluding carboxylic acids is 2. The standard InChI is InChI=1S/C22H33N3O3/c1-17(2)23(3)15-20(26)25-12-10-22(16-25)9-6-11-24(21(22)27)14-18-7-5-8-19(13-18)28-4/h5,7-8,13,17H,6,9-12,14-16H2,1-4H3/t22-/m1/s1. The molecule has 0 saturated carbocycles. The van der Waals surface area contributed by atoms with Crippen molar-refractivity contribution in [2.45, 2.75) is 45.7 Å². The summed E-state index contributed by atoms with van der Waals surface area (Å²) in [5.41, 5.74) is 0.678. The minimum absolute atomic E-state index is 0.130. The van der Waals surface area contributed by atoms with Crippen LogP contribution < -0.4 is 4.74 Å². The number of carbonyl (C=O) groups is 2. The molecule has 2 saturated heterocycles. The van der Waals surface area contributed by atoms with Crippen LogP contribution in [-0.4, -0.2) is 72.9 Å². The highest BCUT2D eigenvalue weighted by atomic mass is 16.5. The van der Waals surface area contributed by atoms with Gasteiger partial charge in [0, 0.05) is 32.2 Å². The van der Waals surface area contributed by atoms with E-state index in [9.17, 15) is 9.59 Å². The van der Waals surface area contributed by atoms with Crippen molar-refractivity contribution < 1.29 is 14.3 Å². The maximum atomic E-state index is 13.4. The lowest BCUT2D eigenvalue weighted by atomic mass is 9.78. The smallest absolute Gasteiger partial charge is 0.236 e. The minimum Gasteiger partial charge on any atom is -0.497 e. The molecule has 0 bridgehead atoms. The Morgan fingerprint density at radius 2 is 2.07 bits per heavy atom. The first kappa shape index (κ1) is 20.6. The summed E-state index contributed by atoms with van der Waals surface area (Å²) in [6.07, 6.45) is 2.64. The normalized spacial score (nSPS) is 22.6. The Hall–Kier alpha value is -2.08. The Kier molecular flexibility index (Phi) is 6.28. The summed E-state index contributed by atoms with van der Waals surface area (Å²) in [6, 6.07) is 8.22. The van der Waals surface area contributed by atoms with E-state index in [2.05, 4.69) is 13.8 Å². The highest BCUT2D eigenvalue weighted by molar-refractivity contribution is 5.86. The van der Waals surface area contributed by atoms with Gasteiger partial charge in [-0.3, -0.25) is 14.5 Å². The Labute approximate surface area is 168 Å². The SMILES string of the molecule is COc1cccc(CN2CCC[C@]3(CCN(C(=O)CN(C)C(C)C)C3)C2=O)c1. The fourth-order valence-electron chi connectivity index (χ4n) is 4.25. The van der Waals surface area contributed by atoms with Crippen LogP contribution in [0.1, 0.15) is 38.7 Å². The summed E-state index contributed by atoms with van der Waals surface area (Å²) in [7, 11) is 3.62. The maximum Gasteiger partial charge on any atom is 0.236 e. The van der Waals surface area contributed by atoms with E-state index in [1.54, 1.807) is 7.11 Å². The molecule has 2 aliphatic rings. The molecule has 3 rings (SSSR count).